The van der Waals surface area contributed by atoms with E-state index in [9.17, 15) is 14.4 Å². The van der Waals surface area contributed by atoms with Crippen LogP contribution in [0.25, 0.3) is 0 Å². The number of nitrogens with zero attached hydrogens (tertiary/aromatic N) is 2. The lowest BCUT2D eigenvalue weighted by atomic mass is 10.1. The van der Waals surface area contributed by atoms with E-state index in [4.69, 9.17) is 11.5 Å². The van der Waals surface area contributed by atoms with Gasteiger partial charge in [-0.3, -0.25) is 14.5 Å². The van der Waals surface area contributed by atoms with Gasteiger partial charge in [-0.2, -0.15) is 0 Å². The van der Waals surface area contributed by atoms with Crippen LogP contribution in [0.3, 0.4) is 0 Å². The first kappa shape index (κ1) is 13.4. The number of rotatable bonds is 1. The lowest BCUT2D eigenvalue weighted by Gasteiger charge is -2.41. The summed E-state index contributed by atoms with van der Waals surface area (Å²) < 4.78 is 0. The number of benzene rings is 1. The van der Waals surface area contributed by atoms with Crippen LogP contribution in [-0.4, -0.2) is 41.4 Å². The molecule has 2 heterocycles. The van der Waals surface area contributed by atoms with Crippen LogP contribution >= 0.6 is 0 Å². The summed E-state index contributed by atoms with van der Waals surface area (Å²) in [6, 6.07) is 3.94. The van der Waals surface area contributed by atoms with Gasteiger partial charge in [0.15, 0.2) is 0 Å². The Bertz CT molecular complexity index is 658. The number of hydrogen-bond acceptors (Lipinski definition) is 4. The maximum atomic E-state index is 12.4. The fraction of sp³-hybridized carbons (Fsp3) is 0.357. The molecule has 2 aliphatic rings. The van der Waals surface area contributed by atoms with E-state index in [1.807, 2.05) is 17.9 Å². The van der Waals surface area contributed by atoms with Crippen LogP contribution in [0.1, 0.15) is 22.8 Å². The molecular weight excluding hydrogens is 272 g/mol. The fourth-order valence-electron chi connectivity index (χ4n) is 3.18. The van der Waals surface area contributed by atoms with E-state index in [0.29, 0.717) is 12.0 Å². The zero-order valence-electron chi connectivity index (χ0n) is 11.6. The van der Waals surface area contributed by atoms with Gasteiger partial charge in [0.2, 0.25) is 5.91 Å². The van der Waals surface area contributed by atoms with Crippen LogP contribution in [0.2, 0.25) is 0 Å². The Morgan fingerprint density at radius 3 is 2.62 bits per heavy atom. The van der Waals surface area contributed by atoms with Crippen molar-refractivity contribution in [3.05, 3.63) is 29.3 Å². The normalized spacial score (nSPS) is 23.8. The Kier molecular flexibility index (Phi) is 2.86. The van der Waals surface area contributed by atoms with Crippen LogP contribution in [-0.2, 0) is 11.2 Å². The Morgan fingerprint density at radius 1 is 1.29 bits per heavy atom. The summed E-state index contributed by atoms with van der Waals surface area (Å²) in [5, 5.41) is 0. The van der Waals surface area contributed by atoms with Gasteiger partial charge in [0.1, 0.15) is 6.04 Å². The van der Waals surface area contributed by atoms with E-state index in [1.165, 1.54) is 0 Å². The van der Waals surface area contributed by atoms with Crippen molar-refractivity contribution < 1.29 is 14.4 Å². The van der Waals surface area contributed by atoms with Gasteiger partial charge in [0.05, 0.1) is 6.54 Å². The van der Waals surface area contributed by atoms with E-state index >= 15 is 0 Å². The maximum absolute atomic E-state index is 12.4. The number of carbonyl (C=O) groups is 3. The van der Waals surface area contributed by atoms with Gasteiger partial charge >= 0.3 is 6.03 Å². The molecule has 0 saturated carbocycles. The number of imide groups is 1. The van der Waals surface area contributed by atoms with Crippen LogP contribution < -0.4 is 16.4 Å². The van der Waals surface area contributed by atoms with E-state index in [0.717, 1.165) is 16.2 Å². The Morgan fingerprint density at radius 2 is 2.00 bits per heavy atom. The third-order valence-corrected chi connectivity index (χ3v) is 4.14. The van der Waals surface area contributed by atoms with Crippen molar-refractivity contribution in [3.63, 3.8) is 0 Å². The first-order chi connectivity index (χ1) is 9.90. The van der Waals surface area contributed by atoms with Gasteiger partial charge in [-0.05, 0) is 24.6 Å². The molecule has 7 nitrogen and oxygen atoms in total. The second-order valence-corrected chi connectivity index (χ2v) is 5.47. The predicted octanol–water partition coefficient (Wildman–Crippen LogP) is -0.174. The second-order valence-electron chi connectivity index (χ2n) is 5.47. The average Bonchev–Trinajstić information content (AvgIpc) is 2.81. The highest BCUT2D eigenvalue weighted by atomic mass is 16.2. The minimum Gasteiger partial charge on any atom is -0.366 e. The smallest absolute Gasteiger partial charge is 0.321 e. The monoisotopic (exact) mass is 288 g/mol. The van der Waals surface area contributed by atoms with Crippen LogP contribution in [0.5, 0.6) is 0 Å². The average molecular weight is 288 g/mol. The molecule has 1 aromatic rings. The topological polar surface area (TPSA) is 110 Å². The van der Waals surface area contributed by atoms with Gasteiger partial charge in [-0.15, -0.1) is 0 Å². The van der Waals surface area contributed by atoms with Crippen molar-refractivity contribution >= 4 is 23.5 Å². The number of primary amides is 2. The van der Waals surface area contributed by atoms with Gasteiger partial charge in [-0.25, -0.2) is 4.79 Å². The number of amides is 4. The number of urea groups is 1. The summed E-state index contributed by atoms with van der Waals surface area (Å²) in [5.41, 5.74) is 12.8. The van der Waals surface area contributed by atoms with Gasteiger partial charge in [-0.1, -0.05) is 6.07 Å². The minimum absolute atomic E-state index is 0.0652. The molecule has 0 spiro atoms. The zero-order valence-corrected chi connectivity index (χ0v) is 11.6. The standard InChI is InChI=1S/C14H16N4O3/c1-7-6-17(14(16)21)13(20)11-4-8-2-3-9(12(15)19)5-10(8)18(7)11/h2-3,5,7,11H,4,6H2,1H3,(H2,15,19)(H2,16,21). The SMILES string of the molecule is CC1CN(C(N)=O)C(=O)C2Cc3ccc(C(N)=O)cc3N12. The number of fused-ring (bicyclic) bond motifs is 3. The van der Waals surface area contributed by atoms with Crippen molar-refractivity contribution in [3.8, 4) is 0 Å². The molecule has 4 N–H and O–H groups in total. The first-order valence-corrected chi connectivity index (χ1v) is 6.72. The lowest BCUT2D eigenvalue weighted by molar-refractivity contribution is -0.131. The van der Waals surface area contributed by atoms with Crippen molar-refractivity contribution in [1.82, 2.24) is 4.90 Å². The van der Waals surface area contributed by atoms with Crippen LogP contribution in [0, 0.1) is 0 Å². The van der Waals surface area contributed by atoms with Crippen LogP contribution in [0.4, 0.5) is 10.5 Å². The van der Waals surface area contributed by atoms with Crippen LogP contribution in [0.15, 0.2) is 18.2 Å². The van der Waals surface area contributed by atoms with E-state index < -0.39 is 18.0 Å². The predicted molar refractivity (Wildman–Crippen MR) is 75.7 cm³/mol. The molecule has 3 rings (SSSR count). The molecule has 1 fully saturated rings. The third-order valence-electron chi connectivity index (χ3n) is 4.14. The number of piperazine rings is 1. The van der Waals surface area contributed by atoms with Gasteiger partial charge in [0.25, 0.3) is 5.91 Å². The molecular formula is C14H16N4O3. The molecule has 1 saturated heterocycles. The summed E-state index contributed by atoms with van der Waals surface area (Å²) in [6.45, 7) is 2.16. The summed E-state index contributed by atoms with van der Waals surface area (Å²) in [7, 11) is 0. The third kappa shape index (κ3) is 1.93. The molecule has 1 aromatic carbocycles. The van der Waals surface area contributed by atoms with Crippen molar-refractivity contribution in [2.24, 2.45) is 11.5 Å². The maximum Gasteiger partial charge on any atom is 0.321 e. The summed E-state index contributed by atoms with van der Waals surface area (Å²) in [5.74, 6) is -0.798. The van der Waals surface area contributed by atoms with Gasteiger partial charge < -0.3 is 16.4 Å². The molecule has 0 aromatic heterocycles. The van der Waals surface area contributed by atoms with Gasteiger partial charge in [0, 0.05) is 23.7 Å². The highest BCUT2D eigenvalue weighted by Crippen LogP contribution is 2.37. The van der Waals surface area contributed by atoms with E-state index in [1.54, 1.807) is 12.1 Å². The van der Waals surface area contributed by atoms with Crippen molar-refractivity contribution in [2.45, 2.75) is 25.4 Å². The molecule has 0 aliphatic carbocycles. The quantitative estimate of drug-likeness (QED) is 0.747. The largest absolute Gasteiger partial charge is 0.366 e. The Hall–Kier alpha value is -2.57. The fourth-order valence-corrected chi connectivity index (χ4v) is 3.18. The summed E-state index contributed by atoms with van der Waals surface area (Å²) in [6.07, 6.45) is 0.501. The highest BCUT2D eigenvalue weighted by Gasteiger charge is 2.45. The van der Waals surface area contributed by atoms with E-state index in [2.05, 4.69) is 0 Å². The molecule has 2 atom stereocenters. The molecule has 4 amide bonds. The number of hydrogen-bond donors (Lipinski definition) is 2. The Balaban J connectivity index is 2.01. The molecule has 2 unspecified atom stereocenters. The summed E-state index contributed by atoms with van der Waals surface area (Å²) in [4.78, 5) is 38.1. The molecule has 110 valence electrons. The highest BCUT2D eigenvalue weighted by molar-refractivity contribution is 6.01. The summed E-state index contributed by atoms with van der Waals surface area (Å²) >= 11 is 0. The molecule has 21 heavy (non-hydrogen) atoms. The van der Waals surface area contributed by atoms with E-state index in [-0.39, 0.29) is 18.5 Å². The molecule has 0 bridgehead atoms. The second kappa shape index (κ2) is 4.47. The zero-order chi connectivity index (χ0) is 15.3. The Labute approximate surface area is 121 Å². The number of carbonyl (C=O) groups excluding carboxylic acids is 3. The number of nitrogens with two attached hydrogens (primary N) is 2. The minimum atomic E-state index is -0.722. The number of anilines is 1. The first-order valence-electron chi connectivity index (χ1n) is 6.72. The van der Waals surface area contributed by atoms with Crippen molar-refractivity contribution in [2.75, 3.05) is 11.4 Å². The lowest BCUT2D eigenvalue weighted by Crippen LogP contribution is -2.62. The molecule has 2 aliphatic heterocycles. The van der Waals surface area contributed by atoms with Crippen molar-refractivity contribution in [1.29, 1.82) is 0 Å². The molecule has 0 radical (unpaired) electrons. The molecule has 7 heteroatoms.